The van der Waals surface area contributed by atoms with Gasteiger partial charge in [0.25, 0.3) is 0 Å². The first-order chi connectivity index (χ1) is 46.5. The van der Waals surface area contributed by atoms with Crippen molar-refractivity contribution in [3.8, 4) is 33.6 Å². The number of thiazole rings is 2. The van der Waals surface area contributed by atoms with E-state index in [1.165, 1.54) is 50.2 Å². The average Bonchev–Trinajstić information content (AvgIpc) is 1.67. The Morgan fingerprint density at radius 2 is 0.792 bits per heavy atom. The van der Waals surface area contributed by atoms with E-state index >= 15 is 0 Å². The number of esters is 3. The summed E-state index contributed by atoms with van der Waals surface area (Å²) < 4.78 is 35.9. The highest BCUT2D eigenvalue weighted by molar-refractivity contribution is 7.13. The summed E-state index contributed by atoms with van der Waals surface area (Å²) >= 11 is 2.89. The number of benzene rings is 3. The highest BCUT2D eigenvalue weighted by atomic mass is 32.1. The molecule has 0 N–H and O–H groups in total. The molecule has 0 fully saturated rings. The molecule has 96 heavy (non-hydrogen) atoms. The molecule has 0 aliphatic carbocycles. The number of hydrogen-bond donors (Lipinski definition) is 0. The van der Waals surface area contributed by atoms with Crippen LogP contribution in [0.1, 0.15) is 173 Å². The van der Waals surface area contributed by atoms with E-state index in [1.807, 2.05) is 193 Å². The van der Waals surface area contributed by atoms with Crippen molar-refractivity contribution in [3.05, 3.63) is 160 Å². The van der Waals surface area contributed by atoms with E-state index in [4.69, 9.17) is 32.3 Å². The molecule has 0 saturated carbocycles. The van der Waals surface area contributed by atoms with Gasteiger partial charge in [0.2, 0.25) is 29.2 Å². The van der Waals surface area contributed by atoms with E-state index in [2.05, 4.69) is 30.6 Å². The van der Waals surface area contributed by atoms with Crippen LogP contribution in [-0.4, -0.2) is 109 Å². The lowest BCUT2D eigenvalue weighted by atomic mass is 9.93. The molecule has 3 aromatic carbocycles. The first-order valence-corrected chi connectivity index (χ1v) is 34.1. The fraction of sp³-hybridized carbons (Fsp3) is 0.417. The summed E-state index contributed by atoms with van der Waals surface area (Å²) in [6.45, 7) is 29.5. The number of hydrogen-bond acceptors (Lipinski definition) is 21. The lowest BCUT2D eigenvalue weighted by molar-refractivity contribution is -0.142. The summed E-state index contributed by atoms with van der Waals surface area (Å²) in [4.78, 5) is 88.2. The summed E-state index contributed by atoms with van der Waals surface area (Å²) in [6.07, 6.45) is 3.57. The van der Waals surface area contributed by atoms with E-state index in [1.54, 1.807) is 66.1 Å². The summed E-state index contributed by atoms with van der Waals surface area (Å²) in [6, 6.07) is 29.6. The van der Waals surface area contributed by atoms with E-state index in [9.17, 15) is 28.8 Å². The minimum Gasteiger partial charge on any atom is -0.469 e. The van der Waals surface area contributed by atoms with Crippen molar-refractivity contribution in [2.75, 3.05) is 57.2 Å². The quantitative estimate of drug-likeness (QED) is 0.0477. The Kier molecular flexibility index (Phi) is 41.8. The molecule has 0 aliphatic heterocycles. The predicted molar refractivity (Wildman–Crippen MR) is 381 cm³/mol. The first kappa shape index (κ1) is 84.6. The van der Waals surface area contributed by atoms with Crippen molar-refractivity contribution in [2.45, 2.75) is 160 Å². The van der Waals surface area contributed by atoms with Crippen molar-refractivity contribution in [1.82, 2.24) is 30.6 Å². The van der Waals surface area contributed by atoms with Crippen LogP contribution in [0.2, 0.25) is 0 Å². The minimum atomic E-state index is -0.494. The van der Waals surface area contributed by atoms with Crippen LogP contribution in [0, 0.1) is 20.8 Å². The minimum absolute atomic E-state index is 0.00802. The summed E-state index contributed by atoms with van der Waals surface area (Å²) in [5, 5.41) is 18.0. The van der Waals surface area contributed by atoms with Gasteiger partial charge in [-0.1, -0.05) is 158 Å². The number of carbonyl (C=O) groups is 6. The first-order valence-electron chi connectivity index (χ1n) is 32.2. The zero-order valence-corrected chi connectivity index (χ0v) is 61.4. The van der Waals surface area contributed by atoms with E-state index in [-0.39, 0.29) is 56.2 Å². The van der Waals surface area contributed by atoms with Crippen molar-refractivity contribution in [2.24, 2.45) is 0 Å². The van der Waals surface area contributed by atoms with Crippen LogP contribution in [0.15, 0.2) is 144 Å². The highest BCUT2D eigenvalue weighted by Gasteiger charge is 2.32. The number of carbonyl (C=O) groups excluding carboxylic acids is 6. The molecule has 6 heterocycles. The monoisotopic (exact) mass is 1360 g/mol. The van der Waals surface area contributed by atoms with Gasteiger partial charge in [-0.25, -0.2) is 4.98 Å². The second-order valence-electron chi connectivity index (χ2n) is 19.1. The Morgan fingerprint density at radius 3 is 1.10 bits per heavy atom. The molecule has 24 heteroatoms. The number of aromatic nitrogens is 6. The van der Waals surface area contributed by atoms with Gasteiger partial charge in [-0.3, -0.25) is 33.8 Å². The third-order valence-corrected chi connectivity index (χ3v) is 15.1. The second kappa shape index (κ2) is 47.5. The molecule has 0 radical (unpaired) electrons. The molecule has 0 unspecified atom stereocenters. The van der Waals surface area contributed by atoms with Gasteiger partial charge in [-0.15, -0.1) is 22.7 Å². The maximum atomic E-state index is 12.9. The van der Waals surface area contributed by atoms with Gasteiger partial charge in [-0.05, 0) is 57.2 Å². The van der Waals surface area contributed by atoms with Crippen LogP contribution in [-0.2, 0) is 43.0 Å². The number of rotatable bonds is 21. The van der Waals surface area contributed by atoms with E-state index in [0.717, 1.165) is 33.1 Å². The topological polar surface area (TPSA) is 270 Å². The van der Waals surface area contributed by atoms with Crippen LogP contribution in [0.5, 0.6) is 0 Å². The lowest BCUT2D eigenvalue weighted by Gasteiger charge is -2.20. The molecule has 0 spiro atoms. The Labute approximate surface area is 574 Å². The standard InChI is InChI=1S/C20H21N3O5.2C20H21N3O4S.6C2H6/c1-13-19(22-28-20(13)16-9-10-21-27-16)14(12-18(25)26-3)11-17(24)23(2)15-7-5-4-6-8-15;1-13-19(22-27-20(13)16-11-28-12-21-16)14(10-18(25)26-3)9-17(24)23(2)15-7-5-4-6-8-15;1-13-19(22-27-20(13)16-11-21-12-28-16)14(10-18(25)26-3)9-17(24)23(2)15-7-5-4-6-8-15;6*1-2/h4-10,14H,11-12H2,1-3H3;2*4-8,11-12,14H,9-10H2,1-3H3;6*1-2H3/t3*14-;;;;;;/m011....../s1. The van der Waals surface area contributed by atoms with Crippen LogP contribution >= 0.6 is 22.7 Å². The molecule has 3 amide bonds. The van der Waals surface area contributed by atoms with Crippen molar-refractivity contribution >= 4 is 75.4 Å². The van der Waals surface area contributed by atoms with Gasteiger partial charge in [0, 0.05) is 110 Å². The maximum absolute atomic E-state index is 12.9. The molecule has 0 saturated heterocycles. The van der Waals surface area contributed by atoms with Crippen molar-refractivity contribution in [3.63, 3.8) is 0 Å². The molecular formula is C72H99N9O13S2. The molecule has 522 valence electrons. The normalized spacial score (nSPS) is 10.7. The molecule has 22 nitrogen and oxygen atoms in total. The van der Waals surface area contributed by atoms with Gasteiger partial charge in [0.1, 0.15) is 5.69 Å². The third-order valence-electron chi connectivity index (χ3n) is 13.8. The lowest BCUT2D eigenvalue weighted by Crippen LogP contribution is -2.28. The summed E-state index contributed by atoms with van der Waals surface area (Å²) in [5.74, 6) is -1.02. The van der Waals surface area contributed by atoms with Gasteiger partial charge < -0.3 is 47.0 Å². The average molecular weight is 1360 g/mol. The fourth-order valence-corrected chi connectivity index (χ4v) is 10.1. The fourth-order valence-electron chi connectivity index (χ4n) is 8.95. The Bertz CT molecular complexity index is 3190. The summed E-state index contributed by atoms with van der Waals surface area (Å²) in [5.41, 5.74) is 10.4. The van der Waals surface area contributed by atoms with Gasteiger partial charge in [-0.2, -0.15) is 0 Å². The van der Waals surface area contributed by atoms with Crippen molar-refractivity contribution in [1.29, 1.82) is 0 Å². The number of nitrogens with zero attached hydrogens (tertiary/aromatic N) is 9. The molecule has 9 aromatic rings. The zero-order valence-electron chi connectivity index (χ0n) is 59.7. The van der Waals surface area contributed by atoms with Gasteiger partial charge in [0.05, 0.1) is 79.8 Å². The Morgan fingerprint density at radius 1 is 0.448 bits per heavy atom. The zero-order chi connectivity index (χ0) is 72.3. The SMILES string of the molecule is CC.CC.CC.CC.CC.CC.COC(=O)C[C@@H](CC(=O)N(C)c1ccccc1)c1noc(-c2cncs2)c1C.COC(=O)C[C@@H](CC(=O)N(C)c1ccccc1)c1noc(-c2cscn2)c1C.COC(=O)C[C@H](CC(=O)N(C)c1ccccc1)c1noc(-c2ccno2)c1C. The number of para-hydroxylation sites is 3. The predicted octanol–water partition coefficient (Wildman–Crippen LogP) is 17.1. The van der Waals surface area contributed by atoms with Gasteiger partial charge in [0.15, 0.2) is 11.5 Å². The van der Waals surface area contributed by atoms with E-state index in [0.29, 0.717) is 51.4 Å². The smallest absolute Gasteiger partial charge is 0.306 e. The number of anilines is 3. The largest absolute Gasteiger partial charge is 0.469 e. The Balaban J connectivity index is 0.000000666. The maximum Gasteiger partial charge on any atom is 0.306 e. The van der Waals surface area contributed by atoms with Gasteiger partial charge >= 0.3 is 17.9 Å². The highest BCUT2D eigenvalue weighted by Crippen LogP contribution is 2.37. The van der Waals surface area contributed by atoms with Crippen LogP contribution in [0.25, 0.3) is 33.6 Å². The molecular weight excluding hydrogens is 1260 g/mol. The number of methoxy groups -OCH3 is 3. The van der Waals surface area contributed by atoms with E-state index < -0.39 is 35.7 Å². The molecule has 0 bridgehead atoms. The van der Waals surface area contributed by atoms with Crippen LogP contribution in [0.4, 0.5) is 17.1 Å². The second-order valence-corrected chi connectivity index (χ2v) is 20.7. The van der Waals surface area contributed by atoms with Crippen LogP contribution in [0.3, 0.4) is 0 Å². The van der Waals surface area contributed by atoms with Crippen LogP contribution < -0.4 is 14.7 Å². The molecule has 9 rings (SSSR count). The molecule has 6 aromatic heterocycles. The Hall–Kier alpha value is -9.42. The molecule has 0 aliphatic rings. The number of ether oxygens (including phenoxy) is 3. The third kappa shape index (κ3) is 25.4. The number of amides is 3. The summed E-state index contributed by atoms with van der Waals surface area (Å²) in [7, 11) is 9.09. The van der Waals surface area contributed by atoms with Crippen molar-refractivity contribution < 1.29 is 61.1 Å². The molecule has 3 atom stereocenters.